The standard InChI is InChI=1S/C28H27FN2O3/c1-4-33-25-9-7-6-8-22(25)19-10-12-20(13-11-19)27-18(3)28(30-17-26(32)34-5-2)23-16-21(29)14-15-24(23)31-27/h6-16H,4-5,17H2,1-3H3,(H,30,31). The molecular formula is C28H27FN2O3. The molecule has 1 N–H and O–H groups in total. The minimum absolute atomic E-state index is 0.0170. The fraction of sp³-hybridized carbons (Fsp3) is 0.214. The van der Waals surface area contributed by atoms with Crippen LogP contribution in [0, 0.1) is 12.7 Å². The molecule has 0 amide bonds. The number of para-hydroxylation sites is 1. The third-order valence-corrected chi connectivity index (χ3v) is 5.56. The predicted octanol–water partition coefficient (Wildman–Crippen LogP) is 6.39. The number of benzene rings is 3. The molecule has 0 aliphatic heterocycles. The maximum atomic E-state index is 14.0. The second-order valence-electron chi connectivity index (χ2n) is 7.79. The van der Waals surface area contributed by atoms with Gasteiger partial charge < -0.3 is 14.8 Å². The average molecular weight is 459 g/mol. The van der Waals surface area contributed by atoms with E-state index in [4.69, 9.17) is 14.5 Å². The number of nitrogens with zero attached hydrogens (tertiary/aromatic N) is 1. The second kappa shape index (κ2) is 10.3. The van der Waals surface area contributed by atoms with Crippen LogP contribution in [0.5, 0.6) is 5.75 Å². The highest BCUT2D eigenvalue weighted by Gasteiger charge is 2.16. The number of anilines is 1. The summed E-state index contributed by atoms with van der Waals surface area (Å²) in [6, 6.07) is 20.5. The SMILES string of the molecule is CCOC(=O)CNc1c(C)c(-c2ccc(-c3ccccc3OCC)cc2)nc2ccc(F)cc12. The summed E-state index contributed by atoms with van der Waals surface area (Å²) in [6.07, 6.45) is 0. The van der Waals surface area contributed by atoms with E-state index < -0.39 is 0 Å². The molecule has 0 saturated carbocycles. The van der Waals surface area contributed by atoms with Gasteiger partial charge in [0.05, 0.1) is 24.4 Å². The highest BCUT2D eigenvalue weighted by molar-refractivity contribution is 5.97. The Balaban J connectivity index is 1.75. The number of rotatable bonds is 8. The second-order valence-corrected chi connectivity index (χ2v) is 7.79. The van der Waals surface area contributed by atoms with E-state index in [2.05, 4.69) is 5.32 Å². The lowest BCUT2D eigenvalue weighted by atomic mass is 9.98. The number of nitrogens with one attached hydrogen (secondary N) is 1. The largest absolute Gasteiger partial charge is 0.493 e. The highest BCUT2D eigenvalue weighted by atomic mass is 19.1. The van der Waals surface area contributed by atoms with Crippen LogP contribution in [0.2, 0.25) is 0 Å². The number of pyridine rings is 1. The van der Waals surface area contributed by atoms with Gasteiger partial charge in [0, 0.05) is 22.2 Å². The van der Waals surface area contributed by atoms with Gasteiger partial charge in [-0.2, -0.15) is 0 Å². The smallest absolute Gasteiger partial charge is 0.325 e. The number of esters is 1. The lowest BCUT2D eigenvalue weighted by Gasteiger charge is -2.17. The van der Waals surface area contributed by atoms with Crippen molar-refractivity contribution in [2.45, 2.75) is 20.8 Å². The van der Waals surface area contributed by atoms with Gasteiger partial charge in [-0.25, -0.2) is 9.37 Å². The van der Waals surface area contributed by atoms with E-state index in [0.29, 0.717) is 29.8 Å². The van der Waals surface area contributed by atoms with Crippen LogP contribution in [0.25, 0.3) is 33.3 Å². The van der Waals surface area contributed by atoms with Crippen LogP contribution in [0.1, 0.15) is 19.4 Å². The minimum atomic E-state index is -0.373. The summed E-state index contributed by atoms with van der Waals surface area (Å²) in [4.78, 5) is 16.8. The van der Waals surface area contributed by atoms with E-state index >= 15 is 0 Å². The van der Waals surface area contributed by atoms with Crippen molar-refractivity contribution in [3.05, 3.63) is 78.1 Å². The summed E-state index contributed by atoms with van der Waals surface area (Å²) in [5, 5.41) is 3.76. The summed E-state index contributed by atoms with van der Waals surface area (Å²) in [7, 11) is 0. The Kier molecular flexibility index (Phi) is 7.07. The normalized spacial score (nSPS) is 10.8. The number of fused-ring (bicyclic) bond motifs is 1. The van der Waals surface area contributed by atoms with Gasteiger partial charge in [-0.05, 0) is 56.2 Å². The van der Waals surface area contributed by atoms with Gasteiger partial charge in [0.15, 0.2) is 0 Å². The molecule has 174 valence electrons. The monoisotopic (exact) mass is 458 g/mol. The topological polar surface area (TPSA) is 60.5 Å². The number of ether oxygens (including phenoxy) is 2. The van der Waals surface area contributed by atoms with Crippen LogP contribution in [-0.4, -0.2) is 30.7 Å². The van der Waals surface area contributed by atoms with Crippen molar-refractivity contribution < 1.29 is 18.7 Å². The van der Waals surface area contributed by atoms with Gasteiger partial charge in [-0.1, -0.05) is 42.5 Å². The van der Waals surface area contributed by atoms with Crippen molar-refractivity contribution >= 4 is 22.6 Å². The van der Waals surface area contributed by atoms with Gasteiger partial charge in [0.25, 0.3) is 0 Å². The fourth-order valence-electron chi connectivity index (χ4n) is 4.01. The third-order valence-electron chi connectivity index (χ3n) is 5.56. The van der Waals surface area contributed by atoms with Gasteiger partial charge in [-0.15, -0.1) is 0 Å². The van der Waals surface area contributed by atoms with Crippen LogP contribution < -0.4 is 10.1 Å². The first-order valence-corrected chi connectivity index (χ1v) is 11.3. The van der Waals surface area contributed by atoms with Crippen molar-refractivity contribution in [2.75, 3.05) is 25.1 Å². The van der Waals surface area contributed by atoms with Crippen molar-refractivity contribution in [1.82, 2.24) is 4.98 Å². The first-order chi connectivity index (χ1) is 16.5. The van der Waals surface area contributed by atoms with Gasteiger partial charge in [0.2, 0.25) is 0 Å². The number of hydrogen-bond acceptors (Lipinski definition) is 5. The Morgan fingerprint density at radius 2 is 1.71 bits per heavy atom. The average Bonchev–Trinajstić information content (AvgIpc) is 2.84. The van der Waals surface area contributed by atoms with Crippen LogP contribution >= 0.6 is 0 Å². The van der Waals surface area contributed by atoms with Crippen LogP contribution in [0.15, 0.2) is 66.7 Å². The van der Waals surface area contributed by atoms with Gasteiger partial charge in [-0.3, -0.25) is 4.79 Å². The molecular weight excluding hydrogens is 431 g/mol. The molecule has 0 radical (unpaired) electrons. The molecule has 0 fully saturated rings. The molecule has 0 aliphatic carbocycles. The van der Waals surface area contributed by atoms with E-state index in [1.807, 2.05) is 62.4 Å². The molecule has 6 heteroatoms. The van der Waals surface area contributed by atoms with E-state index in [0.717, 1.165) is 33.7 Å². The summed E-state index contributed by atoms with van der Waals surface area (Å²) in [5.74, 6) is 0.102. The van der Waals surface area contributed by atoms with Crippen molar-refractivity contribution in [2.24, 2.45) is 0 Å². The van der Waals surface area contributed by atoms with Crippen LogP contribution in [0.3, 0.4) is 0 Å². The van der Waals surface area contributed by atoms with Crippen molar-refractivity contribution in [1.29, 1.82) is 0 Å². The maximum absolute atomic E-state index is 14.0. The van der Waals surface area contributed by atoms with Crippen LogP contribution in [-0.2, 0) is 9.53 Å². The Labute approximate surface area is 198 Å². The molecule has 0 atom stereocenters. The molecule has 0 spiro atoms. The minimum Gasteiger partial charge on any atom is -0.493 e. The number of hydrogen-bond donors (Lipinski definition) is 1. The third kappa shape index (κ3) is 4.86. The van der Waals surface area contributed by atoms with E-state index in [-0.39, 0.29) is 18.3 Å². The van der Waals surface area contributed by atoms with Gasteiger partial charge in [0.1, 0.15) is 18.1 Å². The lowest BCUT2D eigenvalue weighted by Crippen LogP contribution is -2.17. The number of carbonyl (C=O) groups excluding carboxylic acids is 1. The van der Waals surface area contributed by atoms with E-state index in [1.54, 1.807) is 13.0 Å². The molecule has 4 aromatic rings. The Bertz CT molecular complexity index is 1320. The molecule has 34 heavy (non-hydrogen) atoms. The molecule has 0 bridgehead atoms. The fourth-order valence-corrected chi connectivity index (χ4v) is 4.01. The first kappa shape index (κ1) is 23.2. The molecule has 0 saturated heterocycles. The quantitative estimate of drug-likeness (QED) is 0.310. The molecule has 0 unspecified atom stereocenters. The predicted molar refractivity (Wildman–Crippen MR) is 134 cm³/mol. The first-order valence-electron chi connectivity index (χ1n) is 11.3. The molecule has 4 rings (SSSR count). The zero-order valence-electron chi connectivity index (χ0n) is 19.5. The number of carbonyl (C=O) groups is 1. The van der Waals surface area contributed by atoms with E-state index in [9.17, 15) is 9.18 Å². The van der Waals surface area contributed by atoms with Crippen LogP contribution in [0.4, 0.5) is 10.1 Å². The summed E-state index contributed by atoms with van der Waals surface area (Å²) in [5.41, 5.74) is 5.86. The summed E-state index contributed by atoms with van der Waals surface area (Å²) < 4.78 is 24.8. The zero-order valence-corrected chi connectivity index (χ0v) is 19.5. The summed E-state index contributed by atoms with van der Waals surface area (Å²) in [6.45, 7) is 6.52. The Hall–Kier alpha value is -3.93. The molecule has 0 aliphatic rings. The van der Waals surface area contributed by atoms with Crippen molar-refractivity contribution in [3.8, 4) is 28.1 Å². The maximum Gasteiger partial charge on any atom is 0.325 e. The van der Waals surface area contributed by atoms with Gasteiger partial charge >= 0.3 is 5.97 Å². The lowest BCUT2D eigenvalue weighted by molar-refractivity contribution is -0.140. The number of halogens is 1. The molecule has 1 aromatic heterocycles. The number of aromatic nitrogens is 1. The Morgan fingerprint density at radius 3 is 2.44 bits per heavy atom. The molecule has 3 aromatic carbocycles. The van der Waals surface area contributed by atoms with E-state index in [1.165, 1.54) is 12.1 Å². The summed E-state index contributed by atoms with van der Waals surface area (Å²) >= 11 is 0. The Morgan fingerprint density at radius 1 is 0.971 bits per heavy atom. The zero-order chi connectivity index (χ0) is 24.1. The van der Waals surface area contributed by atoms with Crippen molar-refractivity contribution in [3.63, 3.8) is 0 Å². The molecule has 5 nitrogen and oxygen atoms in total. The highest BCUT2D eigenvalue weighted by Crippen LogP contribution is 2.36. The molecule has 1 heterocycles.